The molecule has 0 radical (unpaired) electrons. The lowest BCUT2D eigenvalue weighted by atomic mass is 10.2. The maximum absolute atomic E-state index is 10.9. The van der Waals surface area contributed by atoms with Gasteiger partial charge >= 0.3 is 5.97 Å². The number of carboxylic acids is 1. The number of carbonyl (C=O) groups excluding carboxylic acids is 1. The molecule has 1 heterocycles. The normalized spacial score (nSPS) is 12.1. The Hall–Kier alpha value is -1.63. The van der Waals surface area contributed by atoms with Crippen molar-refractivity contribution in [2.45, 2.75) is 26.3 Å². The molecule has 1 atom stereocenters. The van der Waals surface area contributed by atoms with Gasteiger partial charge < -0.3 is 16.2 Å². The average molecular weight is 243 g/mol. The summed E-state index contributed by atoms with van der Waals surface area (Å²) in [6.45, 7) is 3.38. The molecule has 88 valence electrons. The summed E-state index contributed by atoms with van der Waals surface area (Å²) in [5.41, 5.74) is 5.66. The fourth-order valence-electron chi connectivity index (χ4n) is 1.30. The number of carbonyl (C=O) groups is 2. The minimum absolute atomic E-state index is 0.149. The molecule has 6 nitrogen and oxygen atoms in total. The molecule has 0 aromatic carbocycles. The summed E-state index contributed by atoms with van der Waals surface area (Å²) >= 11 is 1.07. The third kappa shape index (κ3) is 2.93. The molecule has 0 aliphatic rings. The van der Waals surface area contributed by atoms with Gasteiger partial charge in [-0.05, 0) is 25.4 Å². The average Bonchev–Trinajstić information content (AvgIpc) is 2.45. The standard InChI is InChI=1S/C9H13N3O3S/c1-4(3-6(10)13)11-8-7(9(14)15)5(2)12-16-8/h4,11H,3H2,1-2H3,(H2,10,13)(H,14,15). The second-order valence-electron chi connectivity index (χ2n) is 3.49. The molecule has 0 bridgehead atoms. The molecular formula is C9H13N3O3S. The van der Waals surface area contributed by atoms with Crippen molar-refractivity contribution in [3.8, 4) is 0 Å². The van der Waals surface area contributed by atoms with Gasteiger partial charge in [0, 0.05) is 12.5 Å². The van der Waals surface area contributed by atoms with E-state index in [9.17, 15) is 9.59 Å². The Labute approximate surface area is 96.6 Å². The Balaban J connectivity index is 2.81. The van der Waals surface area contributed by atoms with Gasteiger partial charge in [0.05, 0.1) is 5.69 Å². The van der Waals surface area contributed by atoms with E-state index in [4.69, 9.17) is 10.8 Å². The van der Waals surface area contributed by atoms with Crippen LogP contribution >= 0.6 is 11.5 Å². The smallest absolute Gasteiger partial charge is 0.340 e. The molecule has 0 spiro atoms. The van der Waals surface area contributed by atoms with E-state index in [1.807, 2.05) is 0 Å². The number of aryl methyl sites for hydroxylation is 1. The van der Waals surface area contributed by atoms with Crippen LogP contribution in [0.2, 0.25) is 0 Å². The first-order valence-corrected chi connectivity index (χ1v) is 5.43. The van der Waals surface area contributed by atoms with Gasteiger partial charge in [0.1, 0.15) is 10.6 Å². The molecule has 0 aliphatic carbocycles. The van der Waals surface area contributed by atoms with E-state index in [0.29, 0.717) is 10.7 Å². The van der Waals surface area contributed by atoms with Crippen LogP contribution in [-0.4, -0.2) is 27.4 Å². The quantitative estimate of drug-likeness (QED) is 0.710. The van der Waals surface area contributed by atoms with Crippen LogP contribution in [0.1, 0.15) is 29.4 Å². The molecule has 1 aromatic heterocycles. The number of anilines is 1. The summed E-state index contributed by atoms with van der Waals surface area (Å²) in [6.07, 6.45) is 0.149. The number of primary amides is 1. The number of carboxylic acid groups (broad SMARTS) is 1. The highest BCUT2D eigenvalue weighted by Gasteiger charge is 2.19. The highest BCUT2D eigenvalue weighted by molar-refractivity contribution is 7.10. The second kappa shape index (κ2) is 4.93. The molecule has 1 unspecified atom stereocenters. The Morgan fingerprint density at radius 3 is 2.75 bits per heavy atom. The number of amides is 1. The second-order valence-corrected chi connectivity index (χ2v) is 4.27. The molecule has 0 fully saturated rings. The fraction of sp³-hybridized carbons (Fsp3) is 0.444. The van der Waals surface area contributed by atoms with Gasteiger partial charge in [0.2, 0.25) is 5.91 Å². The zero-order valence-electron chi connectivity index (χ0n) is 8.98. The Morgan fingerprint density at radius 1 is 1.62 bits per heavy atom. The fourth-order valence-corrected chi connectivity index (χ4v) is 2.20. The van der Waals surface area contributed by atoms with Crippen molar-refractivity contribution in [2.75, 3.05) is 5.32 Å². The van der Waals surface area contributed by atoms with Gasteiger partial charge in [-0.2, -0.15) is 4.37 Å². The number of nitrogens with two attached hydrogens (primary N) is 1. The van der Waals surface area contributed by atoms with Crippen molar-refractivity contribution in [3.63, 3.8) is 0 Å². The van der Waals surface area contributed by atoms with Crippen LogP contribution in [0.3, 0.4) is 0 Å². The van der Waals surface area contributed by atoms with Crippen molar-refractivity contribution < 1.29 is 14.7 Å². The van der Waals surface area contributed by atoms with E-state index in [2.05, 4.69) is 9.69 Å². The number of nitrogens with one attached hydrogen (secondary N) is 1. The monoisotopic (exact) mass is 243 g/mol. The van der Waals surface area contributed by atoms with E-state index >= 15 is 0 Å². The molecular weight excluding hydrogens is 230 g/mol. The molecule has 0 aliphatic heterocycles. The number of aromatic carboxylic acids is 1. The predicted octanol–water partition coefficient (Wildman–Crippen LogP) is 0.826. The van der Waals surface area contributed by atoms with E-state index in [1.54, 1.807) is 13.8 Å². The summed E-state index contributed by atoms with van der Waals surface area (Å²) in [6, 6.07) is -0.213. The van der Waals surface area contributed by atoms with Crippen LogP contribution in [-0.2, 0) is 4.79 Å². The van der Waals surface area contributed by atoms with Crippen LogP contribution in [0, 0.1) is 6.92 Å². The Kier molecular flexibility index (Phi) is 3.83. The number of nitrogens with zero attached hydrogens (tertiary/aromatic N) is 1. The Morgan fingerprint density at radius 2 is 2.25 bits per heavy atom. The van der Waals surface area contributed by atoms with Crippen LogP contribution in [0.15, 0.2) is 0 Å². The van der Waals surface area contributed by atoms with Gasteiger partial charge in [-0.25, -0.2) is 4.79 Å². The van der Waals surface area contributed by atoms with E-state index in [1.165, 1.54) is 0 Å². The largest absolute Gasteiger partial charge is 0.478 e. The van der Waals surface area contributed by atoms with Crippen LogP contribution in [0.25, 0.3) is 0 Å². The van der Waals surface area contributed by atoms with Crippen LogP contribution < -0.4 is 11.1 Å². The Bertz CT molecular complexity index is 416. The first kappa shape index (κ1) is 12.4. The number of hydrogen-bond donors (Lipinski definition) is 3. The first-order valence-electron chi connectivity index (χ1n) is 4.66. The van der Waals surface area contributed by atoms with E-state index < -0.39 is 11.9 Å². The summed E-state index contributed by atoms with van der Waals surface area (Å²) in [4.78, 5) is 21.6. The van der Waals surface area contributed by atoms with Crippen molar-refractivity contribution in [3.05, 3.63) is 11.3 Å². The number of aromatic nitrogens is 1. The first-order chi connectivity index (χ1) is 7.41. The minimum Gasteiger partial charge on any atom is -0.478 e. The van der Waals surface area contributed by atoms with Gasteiger partial charge in [-0.15, -0.1) is 0 Å². The lowest BCUT2D eigenvalue weighted by Crippen LogP contribution is -2.24. The SMILES string of the molecule is Cc1nsc(NC(C)CC(N)=O)c1C(=O)O. The zero-order valence-corrected chi connectivity index (χ0v) is 9.80. The van der Waals surface area contributed by atoms with Gasteiger partial charge in [-0.3, -0.25) is 4.79 Å². The highest BCUT2D eigenvalue weighted by Crippen LogP contribution is 2.25. The molecule has 4 N–H and O–H groups in total. The molecule has 16 heavy (non-hydrogen) atoms. The molecule has 0 saturated heterocycles. The van der Waals surface area contributed by atoms with E-state index in [-0.39, 0.29) is 18.0 Å². The third-order valence-corrected chi connectivity index (χ3v) is 2.83. The van der Waals surface area contributed by atoms with Crippen molar-refractivity contribution in [1.29, 1.82) is 0 Å². The maximum Gasteiger partial charge on any atom is 0.340 e. The molecule has 1 rings (SSSR count). The predicted molar refractivity (Wildman–Crippen MR) is 60.7 cm³/mol. The molecule has 7 heteroatoms. The van der Waals surface area contributed by atoms with Crippen LogP contribution in [0.5, 0.6) is 0 Å². The van der Waals surface area contributed by atoms with Gasteiger partial charge in [-0.1, -0.05) is 0 Å². The van der Waals surface area contributed by atoms with Crippen molar-refractivity contribution in [2.24, 2.45) is 5.73 Å². The summed E-state index contributed by atoms with van der Waals surface area (Å²) in [7, 11) is 0. The van der Waals surface area contributed by atoms with Crippen LogP contribution in [0.4, 0.5) is 5.00 Å². The lowest BCUT2D eigenvalue weighted by Gasteiger charge is -2.11. The zero-order chi connectivity index (χ0) is 12.3. The molecule has 1 aromatic rings. The maximum atomic E-state index is 10.9. The van der Waals surface area contributed by atoms with Crippen molar-refractivity contribution in [1.82, 2.24) is 4.37 Å². The number of rotatable bonds is 5. The topological polar surface area (TPSA) is 105 Å². The van der Waals surface area contributed by atoms with Crippen molar-refractivity contribution >= 4 is 28.4 Å². The summed E-state index contributed by atoms with van der Waals surface area (Å²) < 4.78 is 3.95. The third-order valence-electron chi connectivity index (χ3n) is 1.96. The molecule has 1 amide bonds. The number of hydrogen-bond acceptors (Lipinski definition) is 5. The molecule has 0 saturated carbocycles. The van der Waals surface area contributed by atoms with Gasteiger partial charge in [0.15, 0.2) is 0 Å². The summed E-state index contributed by atoms with van der Waals surface area (Å²) in [5, 5.41) is 12.3. The minimum atomic E-state index is -1.03. The highest BCUT2D eigenvalue weighted by atomic mass is 32.1. The summed E-state index contributed by atoms with van der Waals surface area (Å²) in [5.74, 6) is -1.46. The van der Waals surface area contributed by atoms with E-state index in [0.717, 1.165) is 11.5 Å². The lowest BCUT2D eigenvalue weighted by molar-refractivity contribution is -0.118. The van der Waals surface area contributed by atoms with Gasteiger partial charge in [0.25, 0.3) is 0 Å².